The number of hydrogen-bond acceptors (Lipinski definition) is 1. The molecule has 0 aliphatic carbocycles. The maximum Gasteiger partial charge on any atom is 0.374 e. The van der Waals surface area contributed by atoms with Crippen LogP contribution >= 0.6 is 0 Å². The SMILES string of the molecule is [B]Oc1c(C)cc(C)c(C)c1C. The first kappa shape index (κ1) is 9.18. The minimum absolute atomic E-state index is 0.804. The lowest BCUT2D eigenvalue weighted by atomic mass is 9.99. The molecule has 0 saturated heterocycles. The van der Waals surface area contributed by atoms with Crippen LogP contribution in [-0.2, 0) is 0 Å². The lowest BCUT2D eigenvalue weighted by Crippen LogP contribution is -1.96. The number of aryl methyl sites for hydroxylation is 2. The van der Waals surface area contributed by atoms with Crippen LogP contribution in [0, 0.1) is 27.7 Å². The Morgan fingerprint density at radius 2 is 1.58 bits per heavy atom. The summed E-state index contributed by atoms with van der Waals surface area (Å²) in [5.74, 6) is 0.804. The highest BCUT2D eigenvalue weighted by molar-refractivity contribution is 6.00. The van der Waals surface area contributed by atoms with Gasteiger partial charge in [0.05, 0.1) is 0 Å². The van der Waals surface area contributed by atoms with Gasteiger partial charge in [0, 0.05) is 0 Å². The van der Waals surface area contributed by atoms with Crippen molar-refractivity contribution < 1.29 is 4.65 Å². The summed E-state index contributed by atoms with van der Waals surface area (Å²) in [6, 6.07) is 2.09. The molecule has 0 N–H and O–H groups in total. The quantitative estimate of drug-likeness (QED) is 0.573. The standard InChI is InChI=1S/C10H13BO/c1-6-5-7(2)10(12-11)9(4)8(6)3/h5H,1-4H3. The van der Waals surface area contributed by atoms with Crippen molar-refractivity contribution in [2.75, 3.05) is 0 Å². The molecule has 0 spiro atoms. The molecule has 62 valence electrons. The monoisotopic (exact) mass is 160 g/mol. The average molecular weight is 160 g/mol. The van der Waals surface area contributed by atoms with Gasteiger partial charge in [-0.2, -0.15) is 0 Å². The molecule has 2 heteroatoms. The van der Waals surface area contributed by atoms with E-state index in [1.165, 1.54) is 11.1 Å². The second-order valence-corrected chi connectivity index (χ2v) is 3.21. The topological polar surface area (TPSA) is 9.23 Å². The van der Waals surface area contributed by atoms with Crippen LogP contribution in [-0.4, -0.2) is 8.05 Å². The van der Waals surface area contributed by atoms with E-state index in [-0.39, 0.29) is 0 Å². The van der Waals surface area contributed by atoms with Gasteiger partial charge in [-0.3, -0.25) is 0 Å². The van der Waals surface area contributed by atoms with Crippen LogP contribution < -0.4 is 4.65 Å². The van der Waals surface area contributed by atoms with Gasteiger partial charge in [0.25, 0.3) is 0 Å². The van der Waals surface area contributed by atoms with E-state index in [4.69, 9.17) is 12.7 Å². The van der Waals surface area contributed by atoms with Gasteiger partial charge < -0.3 is 4.65 Å². The van der Waals surface area contributed by atoms with Crippen LogP contribution in [0.2, 0.25) is 0 Å². The summed E-state index contributed by atoms with van der Waals surface area (Å²) in [7, 11) is 5.17. The maximum absolute atomic E-state index is 5.17. The molecule has 1 rings (SSSR count). The predicted molar refractivity (Wildman–Crippen MR) is 51.8 cm³/mol. The van der Waals surface area contributed by atoms with Crippen molar-refractivity contribution in [1.29, 1.82) is 0 Å². The van der Waals surface area contributed by atoms with Crippen LogP contribution in [0.5, 0.6) is 5.75 Å². The van der Waals surface area contributed by atoms with E-state index in [0.29, 0.717) is 0 Å². The molecule has 0 atom stereocenters. The Balaban J connectivity index is 3.40. The molecule has 0 fully saturated rings. The third-order valence-electron chi connectivity index (χ3n) is 2.40. The minimum atomic E-state index is 0.804. The summed E-state index contributed by atoms with van der Waals surface area (Å²) in [6.07, 6.45) is 0. The number of hydrogen-bond donors (Lipinski definition) is 0. The molecule has 1 aromatic carbocycles. The summed E-state index contributed by atoms with van der Waals surface area (Å²) < 4.78 is 4.81. The summed E-state index contributed by atoms with van der Waals surface area (Å²) in [6.45, 7) is 8.20. The van der Waals surface area contributed by atoms with E-state index >= 15 is 0 Å². The molecule has 0 aliphatic heterocycles. The Hall–Kier alpha value is -0.915. The number of rotatable bonds is 1. The van der Waals surface area contributed by atoms with Gasteiger partial charge in [-0.25, -0.2) is 0 Å². The molecular formula is C10H13BO. The molecule has 0 unspecified atom stereocenters. The van der Waals surface area contributed by atoms with Gasteiger partial charge in [-0.05, 0) is 49.9 Å². The smallest absolute Gasteiger partial charge is 0.374 e. The van der Waals surface area contributed by atoms with Crippen molar-refractivity contribution in [2.24, 2.45) is 0 Å². The Morgan fingerprint density at radius 3 is 2.08 bits per heavy atom. The van der Waals surface area contributed by atoms with Gasteiger partial charge in [0.1, 0.15) is 5.75 Å². The number of benzene rings is 1. The fourth-order valence-corrected chi connectivity index (χ4v) is 1.44. The summed E-state index contributed by atoms with van der Waals surface area (Å²) in [4.78, 5) is 0. The Bertz CT molecular complexity index is 305. The van der Waals surface area contributed by atoms with Crippen LogP contribution in [0.3, 0.4) is 0 Å². The minimum Gasteiger partial charge on any atom is -0.567 e. The van der Waals surface area contributed by atoms with Gasteiger partial charge in [0.2, 0.25) is 0 Å². The molecule has 1 aromatic rings. The summed E-state index contributed by atoms with van der Waals surface area (Å²) in [5.41, 5.74) is 4.76. The normalized spacial score (nSPS) is 10.0. The molecule has 0 aliphatic rings. The first-order valence-electron chi connectivity index (χ1n) is 4.02. The first-order valence-corrected chi connectivity index (χ1v) is 4.02. The van der Waals surface area contributed by atoms with Gasteiger partial charge in [-0.1, -0.05) is 6.07 Å². The van der Waals surface area contributed by atoms with Gasteiger partial charge in [0.15, 0.2) is 0 Å². The lowest BCUT2D eigenvalue weighted by Gasteiger charge is -2.13. The summed E-state index contributed by atoms with van der Waals surface area (Å²) in [5, 5.41) is 0. The van der Waals surface area contributed by atoms with Crippen LogP contribution in [0.25, 0.3) is 0 Å². The van der Waals surface area contributed by atoms with E-state index in [9.17, 15) is 0 Å². The van der Waals surface area contributed by atoms with Crippen molar-refractivity contribution in [1.82, 2.24) is 0 Å². The van der Waals surface area contributed by atoms with Crippen molar-refractivity contribution >= 4 is 8.05 Å². The highest BCUT2D eigenvalue weighted by Crippen LogP contribution is 2.27. The maximum atomic E-state index is 5.17. The lowest BCUT2D eigenvalue weighted by molar-refractivity contribution is 0.603. The predicted octanol–water partition coefficient (Wildman–Crippen LogP) is 2.38. The molecule has 2 radical (unpaired) electrons. The third kappa shape index (κ3) is 1.34. The van der Waals surface area contributed by atoms with E-state index in [2.05, 4.69) is 19.9 Å². The van der Waals surface area contributed by atoms with Gasteiger partial charge in [-0.15, -0.1) is 0 Å². The molecule has 1 nitrogen and oxygen atoms in total. The van der Waals surface area contributed by atoms with Crippen molar-refractivity contribution in [2.45, 2.75) is 27.7 Å². The highest BCUT2D eigenvalue weighted by Gasteiger charge is 2.06. The van der Waals surface area contributed by atoms with Crippen LogP contribution in [0.4, 0.5) is 0 Å². The fourth-order valence-electron chi connectivity index (χ4n) is 1.44. The van der Waals surface area contributed by atoms with Crippen molar-refractivity contribution in [3.8, 4) is 5.75 Å². The summed E-state index contributed by atoms with van der Waals surface area (Å²) >= 11 is 0. The van der Waals surface area contributed by atoms with Crippen LogP contribution in [0.15, 0.2) is 6.07 Å². The van der Waals surface area contributed by atoms with Gasteiger partial charge >= 0.3 is 8.05 Å². The zero-order valence-electron chi connectivity index (χ0n) is 8.06. The molecule has 0 saturated carbocycles. The third-order valence-corrected chi connectivity index (χ3v) is 2.40. The second kappa shape index (κ2) is 3.22. The molecule has 0 heterocycles. The van der Waals surface area contributed by atoms with Crippen LogP contribution in [0.1, 0.15) is 22.3 Å². The van der Waals surface area contributed by atoms with Crippen molar-refractivity contribution in [3.63, 3.8) is 0 Å². The molecule has 0 bridgehead atoms. The highest BCUT2D eigenvalue weighted by atomic mass is 16.4. The zero-order valence-corrected chi connectivity index (χ0v) is 8.06. The molecule has 0 aromatic heterocycles. The Labute approximate surface area is 75.2 Å². The Morgan fingerprint density at radius 1 is 1.00 bits per heavy atom. The van der Waals surface area contributed by atoms with Crippen molar-refractivity contribution in [3.05, 3.63) is 28.3 Å². The van der Waals surface area contributed by atoms with E-state index in [1.807, 2.05) is 13.8 Å². The zero-order chi connectivity index (χ0) is 9.30. The Kier molecular flexibility index (Phi) is 2.46. The van der Waals surface area contributed by atoms with E-state index in [1.54, 1.807) is 0 Å². The van der Waals surface area contributed by atoms with E-state index in [0.717, 1.165) is 16.9 Å². The molecule has 12 heavy (non-hydrogen) atoms. The first-order chi connectivity index (χ1) is 5.57. The average Bonchev–Trinajstić information content (AvgIpc) is 2.01. The van der Waals surface area contributed by atoms with E-state index < -0.39 is 0 Å². The molecule has 0 amide bonds. The second-order valence-electron chi connectivity index (χ2n) is 3.21. The fraction of sp³-hybridized carbons (Fsp3) is 0.400. The largest absolute Gasteiger partial charge is 0.567 e. The molecular weight excluding hydrogens is 147 g/mol.